The number of benzene rings is 1. The molecular weight excluding hydrogens is 287 g/mol. The number of ether oxygens (including phenoxy) is 1. The molecule has 1 aromatic carbocycles. The van der Waals surface area contributed by atoms with Crippen LogP contribution in [-0.2, 0) is 4.79 Å². The number of halogens is 1. The minimum atomic E-state index is -0.374. The molecule has 0 spiro atoms. The number of carbonyl (C=O) groups is 1. The van der Waals surface area contributed by atoms with Crippen molar-refractivity contribution in [2.45, 2.75) is 33.1 Å². The normalized spacial score (nSPS) is 17.9. The van der Waals surface area contributed by atoms with E-state index < -0.39 is 0 Å². The predicted molar refractivity (Wildman–Crippen MR) is 81.4 cm³/mol. The Bertz CT molecular complexity index is 587. The summed E-state index contributed by atoms with van der Waals surface area (Å²) in [7, 11) is 0. The Morgan fingerprint density at radius 3 is 2.91 bits per heavy atom. The van der Waals surface area contributed by atoms with Gasteiger partial charge >= 0.3 is 0 Å². The SMILES string of the molecule is Cc1c(OCCCCO)ccc(C2=NNC(=O)CC2C)c1F. The van der Waals surface area contributed by atoms with Crippen molar-refractivity contribution < 1.29 is 19.0 Å². The van der Waals surface area contributed by atoms with Gasteiger partial charge in [-0.05, 0) is 31.9 Å². The molecule has 6 heteroatoms. The van der Waals surface area contributed by atoms with Crippen molar-refractivity contribution in [2.24, 2.45) is 11.0 Å². The van der Waals surface area contributed by atoms with Gasteiger partial charge in [-0.2, -0.15) is 5.10 Å². The second-order valence-electron chi connectivity index (χ2n) is 5.47. The van der Waals surface area contributed by atoms with Crippen LogP contribution < -0.4 is 10.2 Å². The van der Waals surface area contributed by atoms with Gasteiger partial charge in [0.1, 0.15) is 11.6 Å². The van der Waals surface area contributed by atoms with Gasteiger partial charge in [-0.25, -0.2) is 9.82 Å². The average Bonchev–Trinajstić information content (AvgIpc) is 2.49. The molecule has 1 amide bonds. The first-order valence-corrected chi connectivity index (χ1v) is 7.44. The zero-order valence-electron chi connectivity index (χ0n) is 12.9. The molecule has 1 aliphatic heterocycles. The topological polar surface area (TPSA) is 70.9 Å². The smallest absolute Gasteiger partial charge is 0.240 e. The predicted octanol–water partition coefficient (Wildman–Crippen LogP) is 2.15. The number of aliphatic hydroxyl groups excluding tert-OH is 1. The number of unbranched alkanes of at least 4 members (excludes halogenated alkanes) is 1. The largest absolute Gasteiger partial charge is 0.493 e. The van der Waals surface area contributed by atoms with Crippen molar-refractivity contribution in [3.8, 4) is 5.75 Å². The van der Waals surface area contributed by atoms with Crippen LogP contribution in [0.5, 0.6) is 5.75 Å². The van der Waals surface area contributed by atoms with E-state index in [4.69, 9.17) is 9.84 Å². The number of aliphatic hydroxyl groups is 1. The molecule has 1 aliphatic rings. The van der Waals surface area contributed by atoms with E-state index in [1.165, 1.54) is 0 Å². The molecular formula is C16H21FN2O3. The lowest BCUT2D eigenvalue weighted by atomic mass is 9.92. The minimum Gasteiger partial charge on any atom is -0.493 e. The van der Waals surface area contributed by atoms with Gasteiger partial charge in [0, 0.05) is 30.1 Å². The fraction of sp³-hybridized carbons (Fsp3) is 0.500. The van der Waals surface area contributed by atoms with Gasteiger partial charge in [-0.15, -0.1) is 0 Å². The molecule has 2 rings (SSSR count). The van der Waals surface area contributed by atoms with E-state index in [1.807, 2.05) is 6.92 Å². The molecule has 0 aliphatic carbocycles. The Hall–Kier alpha value is -1.95. The Labute approximate surface area is 129 Å². The maximum atomic E-state index is 14.6. The fourth-order valence-corrected chi connectivity index (χ4v) is 2.40. The molecule has 1 atom stereocenters. The van der Waals surface area contributed by atoms with Crippen LogP contribution in [0.1, 0.15) is 37.3 Å². The number of carbonyl (C=O) groups excluding carboxylic acids is 1. The molecule has 1 heterocycles. The number of nitrogens with one attached hydrogen (secondary N) is 1. The summed E-state index contributed by atoms with van der Waals surface area (Å²) >= 11 is 0. The average molecular weight is 308 g/mol. The third kappa shape index (κ3) is 3.62. The highest BCUT2D eigenvalue weighted by Gasteiger charge is 2.25. The number of amides is 1. The molecule has 0 radical (unpaired) electrons. The Balaban J connectivity index is 2.18. The van der Waals surface area contributed by atoms with Crippen molar-refractivity contribution in [3.05, 3.63) is 29.1 Å². The number of hydrogen-bond acceptors (Lipinski definition) is 4. The van der Waals surface area contributed by atoms with E-state index in [9.17, 15) is 9.18 Å². The van der Waals surface area contributed by atoms with Gasteiger partial charge in [0.25, 0.3) is 0 Å². The van der Waals surface area contributed by atoms with Crippen molar-refractivity contribution in [2.75, 3.05) is 13.2 Å². The molecule has 0 saturated heterocycles. The van der Waals surface area contributed by atoms with Crippen LogP contribution in [0.4, 0.5) is 4.39 Å². The van der Waals surface area contributed by atoms with E-state index >= 15 is 0 Å². The van der Waals surface area contributed by atoms with Crippen LogP contribution >= 0.6 is 0 Å². The quantitative estimate of drug-likeness (QED) is 0.791. The van der Waals surface area contributed by atoms with E-state index in [1.54, 1.807) is 19.1 Å². The van der Waals surface area contributed by atoms with E-state index in [0.29, 0.717) is 42.0 Å². The molecule has 120 valence electrons. The van der Waals surface area contributed by atoms with Crippen LogP contribution in [-0.4, -0.2) is 29.9 Å². The zero-order chi connectivity index (χ0) is 16.1. The first-order chi connectivity index (χ1) is 10.5. The van der Waals surface area contributed by atoms with Crippen molar-refractivity contribution in [1.29, 1.82) is 0 Å². The van der Waals surface area contributed by atoms with Gasteiger partial charge in [-0.3, -0.25) is 4.79 Å². The van der Waals surface area contributed by atoms with Crippen molar-refractivity contribution in [1.82, 2.24) is 5.43 Å². The third-order valence-electron chi connectivity index (χ3n) is 3.68. The Morgan fingerprint density at radius 1 is 1.45 bits per heavy atom. The maximum Gasteiger partial charge on any atom is 0.240 e. The summed E-state index contributed by atoms with van der Waals surface area (Å²) in [6.45, 7) is 4.07. The lowest BCUT2D eigenvalue weighted by Crippen LogP contribution is -2.32. The highest BCUT2D eigenvalue weighted by Crippen LogP contribution is 2.27. The van der Waals surface area contributed by atoms with Crippen LogP contribution in [0.25, 0.3) is 0 Å². The lowest BCUT2D eigenvalue weighted by molar-refractivity contribution is -0.121. The molecule has 1 unspecified atom stereocenters. The summed E-state index contributed by atoms with van der Waals surface area (Å²) < 4.78 is 20.1. The van der Waals surface area contributed by atoms with Crippen LogP contribution in [0.15, 0.2) is 17.2 Å². The number of nitrogens with zero attached hydrogens (tertiary/aromatic N) is 1. The van der Waals surface area contributed by atoms with Gasteiger partial charge in [-0.1, -0.05) is 6.92 Å². The molecule has 0 bridgehead atoms. The van der Waals surface area contributed by atoms with E-state index in [0.717, 1.165) is 6.42 Å². The standard InChI is InChI=1S/C16H21FN2O3/c1-10-9-14(21)18-19-16(10)12-5-6-13(11(2)15(12)17)22-8-4-3-7-20/h5-6,10,20H,3-4,7-9H2,1-2H3,(H,18,21). The fourth-order valence-electron chi connectivity index (χ4n) is 2.40. The number of rotatable bonds is 6. The van der Waals surface area contributed by atoms with Crippen LogP contribution in [0.3, 0.4) is 0 Å². The minimum absolute atomic E-state index is 0.124. The van der Waals surface area contributed by atoms with E-state index in [2.05, 4.69) is 10.5 Å². The molecule has 0 aromatic heterocycles. The summed E-state index contributed by atoms with van der Waals surface area (Å²) in [6, 6.07) is 3.36. The lowest BCUT2D eigenvalue weighted by Gasteiger charge is -2.20. The van der Waals surface area contributed by atoms with Crippen molar-refractivity contribution >= 4 is 11.6 Å². The zero-order valence-corrected chi connectivity index (χ0v) is 12.9. The van der Waals surface area contributed by atoms with Crippen LogP contribution in [0, 0.1) is 18.7 Å². The number of hydrogen-bond donors (Lipinski definition) is 2. The number of hydrazone groups is 1. The third-order valence-corrected chi connectivity index (χ3v) is 3.68. The second-order valence-corrected chi connectivity index (χ2v) is 5.47. The Kier molecular flexibility index (Phi) is 5.49. The summed E-state index contributed by atoms with van der Waals surface area (Å²) in [5.74, 6) is -0.162. The Morgan fingerprint density at radius 2 is 2.23 bits per heavy atom. The molecule has 22 heavy (non-hydrogen) atoms. The molecule has 1 aromatic rings. The van der Waals surface area contributed by atoms with Gasteiger partial charge in [0.15, 0.2) is 0 Å². The van der Waals surface area contributed by atoms with Gasteiger partial charge < -0.3 is 9.84 Å². The van der Waals surface area contributed by atoms with Crippen LogP contribution in [0.2, 0.25) is 0 Å². The second kappa shape index (κ2) is 7.35. The monoisotopic (exact) mass is 308 g/mol. The molecule has 5 nitrogen and oxygen atoms in total. The first kappa shape index (κ1) is 16.4. The molecule has 0 saturated carbocycles. The highest BCUT2D eigenvalue weighted by molar-refractivity contribution is 6.06. The summed E-state index contributed by atoms with van der Waals surface area (Å²) in [6.07, 6.45) is 1.68. The maximum absolute atomic E-state index is 14.6. The van der Waals surface area contributed by atoms with E-state index in [-0.39, 0.29) is 24.2 Å². The first-order valence-electron chi connectivity index (χ1n) is 7.44. The van der Waals surface area contributed by atoms with Gasteiger partial charge in [0.2, 0.25) is 5.91 Å². The highest BCUT2D eigenvalue weighted by atomic mass is 19.1. The summed E-state index contributed by atoms with van der Waals surface area (Å²) in [5.41, 5.74) is 3.77. The van der Waals surface area contributed by atoms with Gasteiger partial charge in [0.05, 0.1) is 12.3 Å². The summed E-state index contributed by atoms with van der Waals surface area (Å²) in [5, 5.41) is 12.7. The molecule has 2 N–H and O–H groups in total. The van der Waals surface area contributed by atoms with Crippen molar-refractivity contribution in [3.63, 3.8) is 0 Å². The summed E-state index contributed by atoms with van der Waals surface area (Å²) in [4.78, 5) is 11.3. The molecule has 0 fully saturated rings.